The molecule has 0 bridgehead atoms. The Labute approximate surface area is 211 Å². The van der Waals surface area contributed by atoms with Gasteiger partial charge in [0.1, 0.15) is 23.1 Å². The number of benzene rings is 2. The van der Waals surface area contributed by atoms with Gasteiger partial charge in [0.15, 0.2) is 11.5 Å². The molecule has 2 heterocycles. The Balaban J connectivity index is 1.48. The molecule has 0 radical (unpaired) electrons. The fraction of sp³-hybridized carbons (Fsp3) is 0.208. The number of aromatic nitrogens is 3. The van der Waals surface area contributed by atoms with E-state index in [-0.39, 0.29) is 23.1 Å². The van der Waals surface area contributed by atoms with Crippen molar-refractivity contribution in [3.05, 3.63) is 91.4 Å². The monoisotopic (exact) mass is 518 g/mol. The minimum absolute atomic E-state index is 0.105. The Kier molecular flexibility index (Phi) is 7.16. The van der Waals surface area contributed by atoms with E-state index in [9.17, 15) is 4.79 Å². The van der Waals surface area contributed by atoms with Crippen LogP contribution in [0.25, 0.3) is 0 Å². The second-order valence-corrected chi connectivity index (χ2v) is 9.14. The quantitative estimate of drug-likeness (QED) is 0.296. The lowest BCUT2D eigenvalue weighted by molar-refractivity contribution is 0.101. The van der Waals surface area contributed by atoms with E-state index in [4.69, 9.17) is 44.1 Å². The van der Waals surface area contributed by atoms with Crippen molar-refractivity contribution in [3.8, 4) is 5.75 Å². The van der Waals surface area contributed by atoms with Crippen LogP contribution in [0.3, 0.4) is 0 Å². The summed E-state index contributed by atoms with van der Waals surface area (Å²) in [5, 5.41) is 12.3. The van der Waals surface area contributed by atoms with Crippen molar-refractivity contribution in [3.63, 3.8) is 0 Å². The summed E-state index contributed by atoms with van der Waals surface area (Å²) in [6, 6.07) is 11.1. The van der Waals surface area contributed by atoms with Crippen LogP contribution in [0.4, 0.5) is 5.82 Å². The van der Waals surface area contributed by atoms with Crippen LogP contribution in [-0.4, -0.2) is 20.8 Å². The third-order valence-corrected chi connectivity index (χ3v) is 5.94. The van der Waals surface area contributed by atoms with Gasteiger partial charge in [0.2, 0.25) is 0 Å². The molecular weight excluding hydrogens is 499 g/mol. The molecule has 4 rings (SSSR count). The van der Waals surface area contributed by atoms with Gasteiger partial charge in [-0.25, -0.2) is 0 Å². The lowest BCUT2D eigenvalue weighted by Gasteiger charge is -2.09. The summed E-state index contributed by atoms with van der Waals surface area (Å²) >= 11 is 18.5. The fourth-order valence-corrected chi connectivity index (χ4v) is 4.13. The maximum atomic E-state index is 12.9. The van der Waals surface area contributed by atoms with E-state index in [2.05, 4.69) is 21.6 Å². The minimum atomic E-state index is -0.507. The molecule has 1 amide bonds. The predicted molar refractivity (Wildman–Crippen MR) is 132 cm³/mol. The molecule has 0 saturated heterocycles. The Morgan fingerprint density at radius 1 is 1.06 bits per heavy atom. The van der Waals surface area contributed by atoms with Crippen molar-refractivity contribution in [2.45, 2.75) is 33.9 Å². The summed E-state index contributed by atoms with van der Waals surface area (Å²) in [6.45, 7) is 6.18. The van der Waals surface area contributed by atoms with Crippen LogP contribution < -0.4 is 10.1 Å². The molecule has 0 atom stereocenters. The Hall–Kier alpha value is -3.00. The molecular formula is C24H21Cl3N4O3. The highest BCUT2D eigenvalue weighted by Gasteiger charge is 2.22. The average Bonchev–Trinajstić information content (AvgIpc) is 3.29. The molecule has 2 aromatic heterocycles. The number of nitrogens with one attached hydrogen (secondary N) is 1. The smallest absolute Gasteiger partial charge is 0.279 e. The standard InChI is InChI=1S/C24H21Cl3N4O3/c1-13-6-14(2)8-18(7-13)33-12-19-15(3)34-30-22(19)24(32)28-23-21(27)11-31(29-23)10-16-4-5-17(25)9-20(16)26/h4-9,11H,10,12H2,1-3H3,(H,28,29,32). The molecule has 0 fully saturated rings. The zero-order valence-electron chi connectivity index (χ0n) is 18.7. The van der Waals surface area contributed by atoms with Gasteiger partial charge < -0.3 is 14.6 Å². The highest BCUT2D eigenvalue weighted by molar-refractivity contribution is 6.35. The first kappa shape index (κ1) is 24.1. The van der Waals surface area contributed by atoms with Crippen molar-refractivity contribution < 1.29 is 14.1 Å². The number of aryl methyl sites for hydroxylation is 3. The Bertz CT molecular complexity index is 1340. The molecule has 2 aromatic carbocycles. The SMILES string of the molecule is Cc1cc(C)cc(OCc2c(C(=O)Nc3nn(Cc4ccc(Cl)cc4Cl)cc3Cl)noc2C)c1. The lowest BCUT2D eigenvalue weighted by Crippen LogP contribution is -2.16. The number of carbonyl (C=O) groups is 1. The molecule has 7 nitrogen and oxygen atoms in total. The summed E-state index contributed by atoms with van der Waals surface area (Å²) in [7, 11) is 0. The third-order valence-electron chi connectivity index (χ3n) is 5.07. The van der Waals surface area contributed by atoms with E-state index in [1.807, 2.05) is 26.0 Å². The summed E-state index contributed by atoms with van der Waals surface area (Å²) < 4.78 is 12.7. The second-order valence-electron chi connectivity index (χ2n) is 7.89. The van der Waals surface area contributed by atoms with E-state index in [0.717, 1.165) is 16.7 Å². The molecule has 0 saturated carbocycles. The van der Waals surface area contributed by atoms with Gasteiger partial charge in [-0.2, -0.15) is 5.10 Å². The number of carbonyl (C=O) groups excluding carboxylic acids is 1. The Morgan fingerprint density at radius 3 is 2.50 bits per heavy atom. The number of ether oxygens (including phenoxy) is 1. The molecule has 0 aliphatic heterocycles. The van der Waals surface area contributed by atoms with Crippen LogP contribution in [0.5, 0.6) is 5.75 Å². The first-order chi connectivity index (χ1) is 16.2. The molecule has 34 heavy (non-hydrogen) atoms. The molecule has 1 N–H and O–H groups in total. The zero-order valence-corrected chi connectivity index (χ0v) is 20.9. The highest BCUT2D eigenvalue weighted by atomic mass is 35.5. The number of nitrogens with zero attached hydrogens (tertiary/aromatic N) is 3. The van der Waals surface area contributed by atoms with Crippen LogP contribution >= 0.6 is 34.8 Å². The van der Waals surface area contributed by atoms with Crippen molar-refractivity contribution in [1.82, 2.24) is 14.9 Å². The topological polar surface area (TPSA) is 82.2 Å². The van der Waals surface area contributed by atoms with Gasteiger partial charge in [-0.05, 0) is 61.7 Å². The summed E-state index contributed by atoms with van der Waals surface area (Å²) in [5.74, 6) is 0.877. The van der Waals surface area contributed by atoms with E-state index in [0.29, 0.717) is 33.7 Å². The van der Waals surface area contributed by atoms with E-state index >= 15 is 0 Å². The first-order valence-electron chi connectivity index (χ1n) is 10.3. The Morgan fingerprint density at radius 2 is 1.79 bits per heavy atom. The van der Waals surface area contributed by atoms with Gasteiger partial charge in [-0.15, -0.1) is 0 Å². The average molecular weight is 520 g/mol. The molecule has 0 unspecified atom stereocenters. The fourth-order valence-electron chi connectivity index (χ4n) is 3.47. The molecule has 4 aromatic rings. The third kappa shape index (κ3) is 5.55. The van der Waals surface area contributed by atoms with Crippen LogP contribution in [-0.2, 0) is 13.2 Å². The molecule has 10 heteroatoms. The summed E-state index contributed by atoms with van der Waals surface area (Å²) in [4.78, 5) is 12.9. The number of amides is 1. The van der Waals surface area contributed by atoms with Gasteiger partial charge >= 0.3 is 0 Å². The second kappa shape index (κ2) is 10.1. The molecule has 0 spiro atoms. The van der Waals surface area contributed by atoms with Crippen LogP contribution in [0.15, 0.2) is 47.1 Å². The van der Waals surface area contributed by atoms with Crippen LogP contribution in [0.2, 0.25) is 15.1 Å². The van der Waals surface area contributed by atoms with Gasteiger partial charge in [0, 0.05) is 16.2 Å². The number of hydrogen-bond acceptors (Lipinski definition) is 5. The summed E-state index contributed by atoms with van der Waals surface area (Å²) in [6.07, 6.45) is 1.60. The van der Waals surface area contributed by atoms with Gasteiger partial charge in [-0.1, -0.05) is 52.1 Å². The summed E-state index contributed by atoms with van der Waals surface area (Å²) in [5.41, 5.74) is 3.62. The van der Waals surface area contributed by atoms with Crippen molar-refractivity contribution in [1.29, 1.82) is 0 Å². The highest BCUT2D eigenvalue weighted by Crippen LogP contribution is 2.26. The van der Waals surface area contributed by atoms with E-state index in [1.54, 1.807) is 36.0 Å². The lowest BCUT2D eigenvalue weighted by atomic mass is 10.1. The molecule has 0 aliphatic carbocycles. The van der Waals surface area contributed by atoms with Crippen LogP contribution in [0, 0.1) is 20.8 Å². The van der Waals surface area contributed by atoms with Gasteiger partial charge in [0.25, 0.3) is 5.91 Å². The van der Waals surface area contributed by atoms with Gasteiger partial charge in [-0.3, -0.25) is 9.48 Å². The number of anilines is 1. The maximum absolute atomic E-state index is 12.9. The normalized spacial score (nSPS) is 11.0. The van der Waals surface area contributed by atoms with Crippen LogP contribution in [0.1, 0.15) is 38.5 Å². The zero-order chi connectivity index (χ0) is 24.4. The number of hydrogen-bond donors (Lipinski definition) is 1. The van der Waals surface area contributed by atoms with Crippen molar-refractivity contribution in [2.24, 2.45) is 0 Å². The van der Waals surface area contributed by atoms with E-state index in [1.165, 1.54) is 0 Å². The first-order valence-corrected chi connectivity index (χ1v) is 11.5. The largest absolute Gasteiger partial charge is 0.489 e. The van der Waals surface area contributed by atoms with E-state index < -0.39 is 5.91 Å². The van der Waals surface area contributed by atoms with Gasteiger partial charge in [0.05, 0.1) is 12.1 Å². The molecule has 0 aliphatic rings. The van der Waals surface area contributed by atoms with Crippen molar-refractivity contribution in [2.75, 3.05) is 5.32 Å². The predicted octanol–water partition coefficient (Wildman–Crippen LogP) is 6.64. The number of rotatable bonds is 7. The maximum Gasteiger partial charge on any atom is 0.279 e. The minimum Gasteiger partial charge on any atom is -0.489 e. The molecule has 176 valence electrons. The van der Waals surface area contributed by atoms with Crippen molar-refractivity contribution >= 4 is 46.5 Å². The number of halogens is 3.